The van der Waals surface area contributed by atoms with Crippen LogP contribution in [0.2, 0.25) is 0 Å². The standard InChI is InChI=1S/C25H32N4O/c1-3-28-13-15-29(16-14-28)25-23-10-5-4-8-20(23)18-24(27-25)21-11-12-22(26-19-21)9-6-7-17-30-2/h4-5,8,10-12,18-19H,3,6-7,9,13-17H2,1-2H3. The van der Waals surface area contributed by atoms with Crippen LogP contribution >= 0.6 is 0 Å². The van der Waals surface area contributed by atoms with E-state index in [1.165, 1.54) is 10.8 Å². The van der Waals surface area contributed by atoms with E-state index in [0.717, 1.165) is 81.4 Å². The number of aromatic nitrogens is 2. The van der Waals surface area contributed by atoms with Gasteiger partial charge in [0.15, 0.2) is 0 Å². The number of benzene rings is 1. The molecular weight excluding hydrogens is 372 g/mol. The largest absolute Gasteiger partial charge is 0.385 e. The predicted molar refractivity (Wildman–Crippen MR) is 124 cm³/mol. The Bertz CT molecular complexity index is 949. The number of likely N-dealkylation sites (N-methyl/N-ethyl adjacent to an activating group) is 1. The summed E-state index contributed by atoms with van der Waals surface area (Å²) in [6.45, 7) is 8.39. The van der Waals surface area contributed by atoms with Crippen LogP contribution < -0.4 is 4.90 Å². The van der Waals surface area contributed by atoms with Gasteiger partial charge in [-0.3, -0.25) is 4.98 Å². The molecule has 1 fully saturated rings. The Balaban J connectivity index is 1.59. The number of nitrogens with zero attached hydrogens (tertiary/aromatic N) is 4. The first-order chi connectivity index (χ1) is 14.8. The minimum atomic E-state index is 0.814. The average Bonchev–Trinajstić information content (AvgIpc) is 2.81. The van der Waals surface area contributed by atoms with E-state index < -0.39 is 0 Å². The van der Waals surface area contributed by atoms with E-state index in [-0.39, 0.29) is 0 Å². The second-order valence-corrected chi connectivity index (χ2v) is 7.96. The molecule has 3 heterocycles. The number of pyridine rings is 2. The highest BCUT2D eigenvalue weighted by atomic mass is 16.5. The highest BCUT2D eigenvalue weighted by molar-refractivity contribution is 5.95. The number of anilines is 1. The number of ether oxygens (including phenoxy) is 1. The van der Waals surface area contributed by atoms with Gasteiger partial charge in [-0.15, -0.1) is 0 Å². The number of aryl methyl sites for hydroxylation is 1. The van der Waals surface area contributed by atoms with Crippen LogP contribution in [0.25, 0.3) is 22.0 Å². The third kappa shape index (κ3) is 4.79. The molecule has 0 aliphatic carbocycles. The van der Waals surface area contributed by atoms with Crippen molar-refractivity contribution in [3.63, 3.8) is 0 Å². The highest BCUT2D eigenvalue weighted by Gasteiger charge is 2.19. The highest BCUT2D eigenvalue weighted by Crippen LogP contribution is 2.30. The monoisotopic (exact) mass is 404 g/mol. The molecule has 1 saturated heterocycles. The molecule has 2 aromatic heterocycles. The van der Waals surface area contributed by atoms with Gasteiger partial charge in [0, 0.05) is 62.7 Å². The summed E-state index contributed by atoms with van der Waals surface area (Å²) in [5.74, 6) is 1.10. The van der Waals surface area contributed by atoms with Crippen LogP contribution in [0.1, 0.15) is 25.5 Å². The number of rotatable bonds is 8. The minimum absolute atomic E-state index is 0.814. The Morgan fingerprint density at radius 2 is 1.83 bits per heavy atom. The number of hydrogen-bond acceptors (Lipinski definition) is 5. The van der Waals surface area contributed by atoms with E-state index in [1.807, 2.05) is 6.20 Å². The summed E-state index contributed by atoms with van der Waals surface area (Å²) in [4.78, 5) is 14.7. The second kappa shape index (κ2) is 10.0. The lowest BCUT2D eigenvalue weighted by Gasteiger charge is -2.35. The average molecular weight is 405 g/mol. The van der Waals surface area contributed by atoms with Gasteiger partial charge in [-0.2, -0.15) is 0 Å². The predicted octanol–water partition coefficient (Wildman–Crippen LogP) is 4.41. The molecule has 3 aromatic rings. The Morgan fingerprint density at radius 3 is 2.57 bits per heavy atom. The first kappa shape index (κ1) is 20.8. The maximum Gasteiger partial charge on any atom is 0.137 e. The van der Waals surface area contributed by atoms with Crippen molar-refractivity contribution >= 4 is 16.6 Å². The van der Waals surface area contributed by atoms with E-state index in [4.69, 9.17) is 14.7 Å². The van der Waals surface area contributed by atoms with E-state index in [1.54, 1.807) is 7.11 Å². The second-order valence-electron chi connectivity index (χ2n) is 7.96. The molecule has 4 rings (SSSR count). The molecule has 0 saturated carbocycles. The fourth-order valence-electron chi connectivity index (χ4n) is 4.12. The maximum absolute atomic E-state index is 5.13. The molecular formula is C25H32N4O. The molecule has 0 atom stereocenters. The van der Waals surface area contributed by atoms with Crippen molar-refractivity contribution in [2.45, 2.75) is 26.2 Å². The molecule has 0 amide bonds. The van der Waals surface area contributed by atoms with Gasteiger partial charge in [0.05, 0.1) is 5.69 Å². The third-order valence-corrected chi connectivity index (χ3v) is 5.99. The molecule has 5 nitrogen and oxygen atoms in total. The Kier molecular flexibility index (Phi) is 6.92. The Labute approximate surface area is 179 Å². The molecule has 1 aliphatic heterocycles. The van der Waals surface area contributed by atoms with Crippen LogP contribution in [0.5, 0.6) is 0 Å². The first-order valence-electron chi connectivity index (χ1n) is 11.1. The van der Waals surface area contributed by atoms with Crippen molar-refractivity contribution in [1.82, 2.24) is 14.9 Å². The van der Waals surface area contributed by atoms with Crippen LogP contribution in [0, 0.1) is 0 Å². The van der Waals surface area contributed by atoms with Gasteiger partial charge in [0.25, 0.3) is 0 Å². The molecule has 30 heavy (non-hydrogen) atoms. The van der Waals surface area contributed by atoms with Crippen molar-refractivity contribution in [2.75, 3.05) is 51.3 Å². The summed E-state index contributed by atoms with van der Waals surface area (Å²) in [6, 6.07) is 15.1. The van der Waals surface area contributed by atoms with Crippen LogP contribution in [0.4, 0.5) is 5.82 Å². The Morgan fingerprint density at radius 1 is 1.00 bits per heavy atom. The number of hydrogen-bond donors (Lipinski definition) is 0. The fourth-order valence-corrected chi connectivity index (χ4v) is 4.12. The number of methoxy groups -OCH3 is 1. The zero-order chi connectivity index (χ0) is 20.8. The molecule has 0 unspecified atom stereocenters. The van der Waals surface area contributed by atoms with E-state index in [2.05, 4.69) is 59.2 Å². The molecule has 1 aromatic carbocycles. The molecule has 158 valence electrons. The van der Waals surface area contributed by atoms with Crippen LogP contribution in [0.3, 0.4) is 0 Å². The maximum atomic E-state index is 5.13. The lowest BCUT2D eigenvalue weighted by molar-refractivity contribution is 0.193. The molecule has 1 aliphatic rings. The minimum Gasteiger partial charge on any atom is -0.385 e. The van der Waals surface area contributed by atoms with Crippen molar-refractivity contribution in [3.05, 3.63) is 54.4 Å². The smallest absolute Gasteiger partial charge is 0.137 e. The summed E-state index contributed by atoms with van der Waals surface area (Å²) < 4.78 is 5.13. The van der Waals surface area contributed by atoms with Gasteiger partial charge in [0.1, 0.15) is 5.82 Å². The summed E-state index contributed by atoms with van der Waals surface area (Å²) in [7, 11) is 1.75. The number of unbranched alkanes of at least 4 members (excludes halogenated alkanes) is 1. The molecule has 0 N–H and O–H groups in total. The lowest BCUT2D eigenvalue weighted by Crippen LogP contribution is -2.46. The van der Waals surface area contributed by atoms with Gasteiger partial charge >= 0.3 is 0 Å². The van der Waals surface area contributed by atoms with Gasteiger partial charge in [0.2, 0.25) is 0 Å². The van der Waals surface area contributed by atoms with Gasteiger partial charge in [-0.25, -0.2) is 4.98 Å². The first-order valence-corrected chi connectivity index (χ1v) is 11.1. The molecule has 0 bridgehead atoms. The summed E-state index contributed by atoms with van der Waals surface area (Å²) >= 11 is 0. The van der Waals surface area contributed by atoms with E-state index >= 15 is 0 Å². The molecule has 5 heteroatoms. The number of fused-ring (bicyclic) bond motifs is 1. The zero-order valence-electron chi connectivity index (χ0n) is 18.2. The van der Waals surface area contributed by atoms with Gasteiger partial charge < -0.3 is 14.5 Å². The lowest BCUT2D eigenvalue weighted by atomic mass is 10.1. The van der Waals surface area contributed by atoms with Crippen molar-refractivity contribution in [3.8, 4) is 11.3 Å². The van der Waals surface area contributed by atoms with Crippen LogP contribution in [-0.2, 0) is 11.2 Å². The van der Waals surface area contributed by atoms with Gasteiger partial charge in [-0.1, -0.05) is 31.2 Å². The number of piperazine rings is 1. The zero-order valence-corrected chi connectivity index (χ0v) is 18.2. The van der Waals surface area contributed by atoms with Crippen LogP contribution in [0.15, 0.2) is 48.7 Å². The fraction of sp³-hybridized carbons (Fsp3) is 0.440. The third-order valence-electron chi connectivity index (χ3n) is 5.99. The summed E-state index contributed by atoms with van der Waals surface area (Å²) in [6.07, 6.45) is 5.13. The summed E-state index contributed by atoms with van der Waals surface area (Å²) in [5, 5.41) is 2.47. The summed E-state index contributed by atoms with van der Waals surface area (Å²) in [5.41, 5.74) is 3.21. The quantitative estimate of drug-likeness (QED) is 0.520. The van der Waals surface area contributed by atoms with E-state index in [9.17, 15) is 0 Å². The topological polar surface area (TPSA) is 41.5 Å². The SMILES string of the molecule is CCN1CCN(c2nc(-c3ccc(CCCCOC)nc3)cc3ccccc23)CC1. The van der Waals surface area contributed by atoms with Gasteiger partial charge in [-0.05, 0) is 49.4 Å². The molecule has 0 spiro atoms. The van der Waals surface area contributed by atoms with Crippen LogP contribution in [-0.4, -0.2) is 61.3 Å². The van der Waals surface area contributed by atoms with Crippen molar-refractivity contribution in [1.29, 1.82) is 0 Å². The molecule has 0 radical (unpaired) electrons. The van der Waals surface area contributed by atoms with Crippen molar-refractivity contribution < 1.29 is 4.74 Å². The Hall–Kier alpha value is -2.50. The van der Waals surface area contributed by atoms with E-state index in [0.29, 0.717) is 0 Å². The normalized spacial score (nSPS) is 15.1. The van der Waals surface area contributed by atoms with Crippen molar-refractivity contribution in [2.24, 2.45) is 0 Å².